The molecule has 1 aliphatic heterocycles. The number of quaternary nitrogens is 1. The number of ether oxygens (including phenoxy) is 2. The average Bonchev–Trinajstić information content (AvgIpc) is 3.22. The van der Waals surface area contributed by atoms with Crippen LogP contribution in [-0.2, 0) is 0 Å². The van der Waals surface area contributed by atoms with Gasteiger partial charge in [0.1, 0.15) is 10.7 Å². The normalized spacial score (nSPS) is 20.7. The van der Waals surface area contributed by atoms with Crippen LogP contribution in [0.15, 0.2) is 18.2 Å². The molecule has 9 heteroatoms. The maximum atomic E-state index is 10.9. The van der Waals surface area contributed by atoms with Crippen LogP contribution in [0.2, 0.25) is 0 Å². The van der Waals surface area contributed by atoms with E-state index in [1.807, 2.05) is 32.0 Å². The molecule has 29 heavy (non-hydrogen) atoms. The van der Waals surface area contributed by atoms with Gasteiger partial charge in [-0.3, -0.25) is 0 Å². The SMILES string of the molecule is CCOc1ccc([C@@H](c2sc3nc(C)nn3c2O)[NH+]2CCC(O)CC2)cc1OC. The molecule has 0 radical (unpaired) electrons. The van der Waals surface area contributed by atoms with Gasteiger partial charge in [-0.2, -0.15) is 4.52 Å². The summed E-state index contributed by atoms with van der Waals surface area (Å²) in [5.74, 6) is 2.12. The maximum Gasteiger partial charge on any atom is 0.235 e. The van der Waals surface area contributed by atoms with E-state index in [1.54, 1.807) is 7.11 Å². The number of thiazole rings is 1. The summed E-state index contributed by atoms with van der Waals surface area (Å²) in [6.07, 6.45) is 1.22. The fraction of sp³-hybridized carbons (Fsp3) is 0.500. The summed E-state index contributed by atoms with van der Waals surface area (Å²) < 4.78 is 12.7. The lowest BCUT2D eigenvalue weighted by Crippen LogP contribution is -3.13. The van der Waals surface area contributed by atoms with Gasteiger partial charge in [0.05, 0.1) is 32.9 Å². The van der Waals surface area contributed by atoms with E-state index in [9.17, 15) is 10.2 Å². The van der Waals surface area contributed by atoms with Gasteiger partial charge in [0, 0.05) is 18.4 Å². The third-order valence-electron chi connectivity index (χ3n) is 5.39. The van der Waals surface area contributed by atoms with Gasteiger partial charge in [0.15, 0.2) is 17.5 Å². The van der Waals surface area contributed by atoms with Crippen molar-refractivity contribution in [3.63, 3.8) is 0 Å². The Balaban J connectivity index is 1.80. The molecule has 1 atom stereocenters. The van der Waals surface area contributed by atoms with Crippen molar-refractivity contribution in [3.05, 3.63) is 34.5 Å². The number of aromatic nitrogens is 3. The van der Waals surface area contributed by atoms with Crippen LogP contribution < -0.4 is 14.4 Å². The molecule has 1 aliphatic rings. The number of hydrogen-bond acceptors (Lipinski definition) is 7. The fourth-order valence-corrected chi connectivity index (χ4v) is 5.20. The Hall–Kier alpha value is -2.36. The van der Waals surface area contributed by atoms with Crippen LogP contribution in [0.5, 0.6) is 17.4 Å². The monoisotopic (exact) mass is 419 g/mol. The number of methoxy groups -OCH3 is 1. The van der Waals surface area contributed by atoms with Crippen LogP contribution >= 0.6 is 11.3 Å². The highest BCUT2D eigenvalue weighted by atomic mass is 32.1. The number of aliphatic hydroxyl groups excluding tert-OH is 1. The first-order chi connectivity index (χ1) is 14.0. The first kappa shape index (κ1) is 19.9. The maximum absolute atomic E-state index is 10.9. The zero-order valence-corrected chi connectivity index (χ0v) is 17.7. The van der Waals surface area contributed by atoms with Gasteiger partial charge in [-0.05, 0) is 32.0 Å². The highest BCUT2D eigenvalue weighted by molar-refractivity contribution is 7.17. The smallest absolute Gasteiger partial charge is 0.235 e. The number of rotatable bonds is 6. The van der Waals surface area contributed by atoms with Crippen molar-refractivity contribution in [1.29, 1.82) is 0 Å². The first-order valence-electron chi connectivity index (χ1n) is 9.90. The molecule has 4 rings (SSSR count). The van der Waals surface area contributed by atoms with Crippen molar-refractivity contribution in [2.24, 2.45) is 0 Å². The molecule has 0 unspecified atom stereocenters. The summed E-state index contributed by atoms with van der Waals surface area (Å²) in [5, 5.41) is 25.2. The number of aromatic hydroxyl groups is 1. The van der Waals surface area contributed by atoms with Gasteiger partial charge in [-0.1, -0.05) is 11.3 Å². The van der Waals surface area contributed by atoms with Gasteiger partial charge in [-0.25, -0.2) is 4.98 Å². The lowest BCUT2D eigenvalue weighted by Gasteiger charge is -2.33. The quantitative estimate of drug-likeness (QED) is 0.558. The molecule has 1 fully saturated rings. The van der Waals surface area contributed by atoms with Gasteiger partial charge < -0.3 is 24.6 Å². The summed E-state index contributed by atoms with van der Waals surface area (Å²) in [4.78, 5) is 7.20. The molecule has 0 bridgehead atoms. The van der Waals surface area contributed by atoms with Crippen molar-refractivity contribution >= 4 is 16.3 Å². The van der Waals surface area contributed by atoms with Crippen LogP contribution in [0.1, 0.15) is 42.1 Å². The Bertz CT molecular complexity index is 994. The third kappa shape index (κ3) is 3.77. The molecule has 1 aromatic carbocycles. The number of aliphatic hydroxyl groups is 1. The standard InChI is InChI=1S/C20H26N4O4S/c1-4-28-15-6-5-13(11-16(15)27-3)17(23-9-7-14(25)8-10-23)18-19(26)24-20(29-18)21-12(2)22-24/h5-6,11,14,17,25-26H,4,7-10H2,1-3H3/p+1/t17-/m0/s1. The van der Waals surface area contributed by atoms with Crippen molar-refractivity contribution in [3.8, 4) is 17.4 Å². The van der Waals surface area contributed by atoms with Crippen LogP contribution in [-0.4, -0.2) is 57.7 Å². The predicted octanol–water partition coefficient (Wildman–Crippen LogP) is 1.34. The summed E-state index contributed by atoms with van der Waals surface area (Å²) in [5.41, 5.74) is 1.02. The second kappa shape index (κ2) is 8.17. The summed E-state index contributed by atoms with van der Waals surface area (Å²) >= 11 is 1.45. The minimum Gasteiger partial charge on any atom is -0.493 e. The van der Waals surface area contributed by atoms with Gasteiger partial charge in [0.25, 0.3) is 0 Å². The Morgan fingerprint density at radius 3 is 2.72 bits per heavy atom. The second-order valence-corrected chi connectivity index (χ2v) is 8.32. The Labute approximate surface area is 173 Å². The van der Waals surface area contributed by atoms with Crippen LogP contribution in [0.3, 0.4) is 0 Å². The Morgan fingerprint density at radius 2 is 2.07 bits per heavy atom. The van der Waals surface area contributed by atoms with E-state index in [4.69, 9.17) is 9.47 Å². The molecule has 0 saturated carbocycles. The van der Waals surface area contributed by atoms with E-state index in [0.29, 0.717) is 28.9 Å². The summed E-state index contributed by atoms with van der Waals surface area (Å²) in [6.45, 7) is 5.93. The lowest BCUT2D eigenvalue weighted by molar-refractivity contribution is -0.931. The second-order valence-electron chi connectivity index (χ2n) is 7.31. The number of nitrogens with one attached hydrogen (secondary N) is 1. The minimum absolute atomic E-state index is 0.110. The number of nitrogens with zero attached hydrogens (tertiary/aromatic N) is 3. The van der Waals surface area contributed by atoms with E-state index in [2.05, 4.69) is 10.1 Å². The van der Waals surface area contributed by atoms with E-state index in [-0.39, 0.29) is 18.0 Å². The average molecular weight is 420 g/mol. The molecular weight excluding hydrogens is 392 g/mol. The molecule has 1 saturated heterocycles. The molecule has 2 aromatic heterocycles. The van der Waals surface area contributed by atoms with E-state index in [0.717, 1.165) is 36.4 Å². The third-order valence-corrected chi connectivity index (χ3v) is 6.48. The zero-order chi connectivity index (χ0) is 20.5. The van der Waals surface area contributed by atoms with Gasteiger partial charge in [-0.15, -0.1) is 5.10 Å². The van der Waals surface area contributed by atoms with Gasteiger partial charge >= 0.3 is 0 Å². The van der Waals surface area contributed by atoms with Crippen molar-refractivity contribution < 1.29 is 24.6 Å². The first-order valence-corrected chi connectivity index (χ1v) is 10.7. The molecule has 156 valence electrons. The molecular formula is C20H27N4O4S+. The molecule has 3 heterocycles. The van der Waals surface area contributed by atoms with Crippen LogP contribution in [0.4, 0.5) is 0 Å². The summed E-state index contributed by atoms with van der Waals surface area (Å²) in [6, 6.07) is 5.81. The van der Waals surface area contributed by atoms with E-state index in [1.165, 1.54) is 20.8 Å². The topological polar surface area (TPSA) is 93.6 Å². The van der Waals surface area contributed by atoms with Crippen molar-refractivity contribution in [2.75, 3.05) is 26.8 Å². The molecule has 3 aromatic rings. The van der Waals surface area contributed by atoms with E-state index >= 15 is 0 Å². The minimum atomic E-state index is -0.257. The molecule has 0 spiro atoms. The summed E-state index contributed by atoms with van der Waals surface area (Å²) in [7, 11) is 1.63. The number of fused-ring (bicyclic) bond motifs is 1. The Morgan fingerprint density at radius 1 is 1.31 bits per heavy atom. The molecule has 0 amide bonds. The highest BCUT2D eigenvalue weighted by Crippen LogP contribution is 2.38. The van der Waals surface area contributed by atoms with E-state index < -0.39 is 0 Å². The molecule has 0 aliphatic carbocycles. The lowest BCUT2D eigenvalue weighted by atomic mass is 9.99. The van der Waals surface area contributed by atoms with Crippen LogP contribution in [0, 0.1) is 6.92 Å². The predicted molar refractivity (Wildman–Crippen MR) is 109 cm³/mol. The molecule has 3 N–H and O–H groups in total. The van der Waals surface area contributed by atoms with Crippen molar-refractivity contribution in [1.82, 2.24) is 14.6 Å². The number of likely N-dealkylation sites (tertiary alicyclic amines) is 1. The highest BCUT2D eigenvalue weighted by Gasteiger charge is 2.35. The number of benzene rings is 1. The number of aryl methyl sites for hydroxylation is 1. The largest absolute Gasteiger partial charge is 0.493 e. The fourth-order valence-electron chi connectivity index (χ4n) is 4.01. The number of hydrogen-bond donors (Lipinski definition) is 3. The van der Waals surface area contributed by atoms with Crippen LogP contribution in [0.25, 0.3) is 4.96 Å². The Kier molecular flexibility index (Phi) is 5.62. The van der Waals surface area contributed by atoms with Gasteiger partial charge in [0.2, 0.25) is 10.8 Å². The molecule has 8 nitrogen and oxygen atoms in total. The number of piperidine rings is 1. The zero-order valence-electron chi connectivity index (χ0n) is 16.9. The van der Waals surface area contributed by atoms with Crippen molar-refractivity contribution in [2.45, 2.75) is 38.8 Å².